The van der Waals surface area contributed by atoms with Gasteiger partial charge in [0.05, 0.1) is 4.92 Å². The number of benzene rings is 1. The second-order valence-electron chi connectivity index (χ2n) is 4.16. The molecule has 0 aliphatic rings. The predicted octanol–water partition coefficient (Wildman–Crippen LogP) is 2.97. The third kappa shape index (κ3) is 2.71. The van der Waals surface area contributed by atoms with E-state index in [0.717, 1.165) is 11.9 Å². The Morgan fingerprint density at radius 1 is 1.14 bits per heavy atom. The molecule has 0 saturated carbocycles. The lowest BCUT2D eigenvalue weighted by Crippen LogP contribution is -1.97. The molecule has 7 nitrogen and oxygen atoms in total. The zero-order chi connectivity index (χ0) is 14.7. The van der Waals surface area contributed by atoms with Crippen LogP contribution in [0, 0.1) is 10.1 Å². The van der Waals surface area contributed by atoms with E-state index < -0.39 is 4.92 Å². The average molecular weight is 282 g/mol. The molecule has 0 N–H and O–H groups in total. The molecule has 0 radical (unpaired) electrons. The van der Waals surface area contributed by atoms with Crippen LogP contribution in [0.15, 0.2) is 61.3 Å². The van der Waals surface area contributed by atoms with E-state index in [-0.39, 0.29) is 11.6 Å². The number of rotatable bonds is 4. The molecule has 0 spiro atoms. The van der Waals surface area contributed by atoms with Crippen molar-refractivity contribution >= 4 is 5.69 Å². The zero-order valence-electron chi connectivity index (χ0n) is 10.8. The van der Waals surface area contributed by atoms with Crippen LogP contribution in [0.25, 0.3) is 5.69 Å². The van der Waals surface area contributed by atoms with Gasteiger partial charge < -0.3 is 9.30 Å². The van der Waals surface area contributed by atoms with Crippen molar-refractivity contribution in [2.45, 2.75) is 0 Å². The lowest BCUT2D eigenvalue weighted by atomic mass is 10.3. The summed E-state index contributed by atoms with van der Waals surface area (Å²) in [7, 11) is 0. The molecule has 0 bridgehead atoms. The Morgan fingerprint density at radius 3 is 2.52 bits per heavy atom. The minimum absolute atomic E-state index is 0.0799. The molecule has 0 fully saturated rings. The van der Waals surface area contributed by atoms with E-state index in [1.165, 1.54) is 6.33 Å². The summed E-state index contributed by atoms with van der Waals surface area (Å²) in [5.74, 6) is 0.386. The molecule has 2 heterocycles. The van der Waals surface area contributed by atoms with Crippen molar-refractivity contribution in [3.8, 4) is 17.3 Å². The molecule has 2 aromatic heterocycles. The molecule has 0 saturated heterocycles. The summed E-state index contributed by atoms with van der Waals surface area (Å²) < 4.78 is 7.38. The van der Waals surface area contributed by atoms with Crippen LogP contribution in [0.3, 0.4) is 0 Å². The topological polar surface area (TPSA) is 83.1 Å². The Balaban J connectivity index is 1.84. The van der Waals surface area contributed by atoms with Gasteiger partial charge in [0.2, 0.25) is 0 Å². The normalized spacial score (nSPS) is 10.3. The molecule has 3 aromatic rings. The summed E-state index contributed by atoms with van der Waals surface area (Å²) in [4.78, 5) is 17.7. The monoisotopic (exact) mass is 282 g/mol. The predicted molar refractivity (Wildman–Crippen MR) is 74.5 cm³/mol. The minimum Gasteiger partial charge on any atom is -0.434 e. The number of aromatic nitrogens is 3. The summed E-state index contributed by atoms with van der Waals surface area (Å²) in [5, 5.41) is 10.9. The van der Waals surface area contributed by atoms with Crippen molar-refractivity contribution in [2.75, 3.05) is 0 Å². The first-order valence-corrected chi connectivity index (χ1v) is 6.10. The second kappa shape index (κ2) is 5.41. The molecule has 0 aliphatic heterocycles. The average Bonchev–Trinajstić information content (AvgIpc) is 3.03. The van der Waals surface area contributed by atoms with Gasteiger partial charge in [-0.25, -0.2) is 4.98 Å². The van der Waals surface area contributed by atoms with E-state index >= 15 is 0 Å². The van der Waals surface area contributed by atoms with Crippen molar-refractivity contribution in [1.29, 1.82) is 0 Å². The van der Waals surface area contributed by atoms with Crippen LogP contribution in [-0.2, 0) is 0 Å². The molecule has 1 aromatic carbocycles. The van der Waals surface area contributed by atoms with Gasteiger partial charge in [-0.05, 0) is 36.4 Å². The molecule has 3 rings (SSSR count). The summed E-state index contributed by atoms with van der Waals surface area (Å²) in [6.45, 7) is 0. The van der Waals surface area contributed by atoms with Crippen LogP contribution in [0.1, 0.15) is 0 Å². The number of nitro groups is 1. The van der Waals surface area contributed by atoms with E-state index in [1.807, 2.05) is 41.2 Å². The fourth-order valence-corrected chi connectivity index (χ4v) is 1.82. The molecule has 0 atom stereocenters. The number of nitrogens with zero attached hydrogens (tertiary/aromatic N) is 4. The molecule has 0 aliphatic carbocycles. The Hall–Kier alpha value is -3.22. The van der Waals surface area contributed by atoms with E-state index in [2.05, 4.69) is 9.97 Å². The standard InChI is InChI=1S/C14H10N4O3/c19-18(20)13-9-15-10-16-14(13)21-12-5-3-11(4-6-12)17-7-1-2-8-17/h1-10H. The first-order chi connectivity index (χ1) is 10.2. The van der Waals surface area contributed by atoms with Crippen LogP contribution in [0.4, 0.5) is 5.69 Å². The molecular formula is C14H10N4O3. The van der Waals surface area contributed by atoms with Gasteiger partial charge in [0.25, 0.3) is 0 Å². The molecule has 0 amide bonds. The Bertz CT molecular complexity index is 754. The van der Waals surface area contributed by atoms with Gasteiger partial charge in [-0.2, -0.15) is 4.98 Å². The fraction of sp³-hybridized carbons (Fsp3) is 0. The van der Waals surface area contributed by atoms with Gasteiger partial charge in [0.1, 0.15) is 18.3 Å². The fourth-order valence-electron chi connectivity index (χ4n) is 1.82. The molecule has 0 unspecified atom stereocenters. The van der Waals surface area contributed by atoms with Crippen LogP contribution < -0.4 is 4.74 Å². The first kappa shape index (κ1) is 12.8. The Labute approximate surface area is 119 Å². The zero-order valence-corrected chi connectivity index (χ0v) is 10.8. The van der Waals surface area contributed by atoms with Crippen molar-refractivity contribution in [3.63, 3.8) is 0 Å². The van der Waals surface area contributed by atoms with Crippen molar-refractivity contribution < 1.29 is 9.66 Å². The molecule has 104 valence electrons. The highest BCUT2D eigenvalue weighted by Crippen LogP contribution is 2.28. The second-order valence-corrected chi connectivity index (χ2v) is 4.16. The van der Waals surface area contributed by atoms with Gasteiger partial charge in [0.15, 0.2) is 0 Å². The van der Waals surface area contributed by atoms with Crippen LogP contribution in [-0.4, -0.2) is 19.5 Å². The van der Waals surface area contributed by atoms with E-state index in [4.69, 9.17) is 4.74 Å². The Morgan fingerprint density at radius 2 is 1.86 bits per heavy atom. The number of hydrogen-bond acceptors (Lipinski definition) is 5. The Kier molecular flexibility index (Phi) is 3.30. The van der Waals surface area contributed by atoms with Crippen molar-refractivity contribution in [2.24, 2.45) is 0 Å². The van der Waals surface area contributed by atoms with Gasteiger partial charge >= 0.3 is 11.6 Å². The largest absolute Gasteiger partial charge is 0.434 e. The van der Waals surface area contributed by atoms with Gasteiger partial charge in [0, 0.05) is 18.1 Å². The summed E-state index contributed by atoms with van der Waals surface area (Å²) >= 11 is 0. The van der Waals surface area contributed by atoms with Crippen LogP contribution >= 0.6 is 0 Å². The van der Waals surface area contributed by atoms with Gasteiger partial charge in [-0.15, -0.1) is 0 Å². The van der Waals surface area contributed by atoms with E-state index in [9.17, 15) is 10.1 Å². The summed E-state index contributed by atoms with van der Waals surface area (Å²) in [6, 6.07) is 11.0. The van der Waals surface area contributed by atoms with Crippen LogP contribution in [0.2, 0.25) is 0 Å². The van der Waals surface area contributed by atoms with E-state index in [1.54, 1.807) is 12.1 Å². The highest BCUT2D eigenvalue weighted by molar-refractivity contribution is 5.43. The smallest absolute Gasteiger partial charge is 0.349 e. The lowest BCUT2D eigenvalue weighted by Gasteiger charge is -2.06. The first-order valence-electron chi connectivity index (χ1n) is 6.10. The van der Waals surface area contributed by atoms with E-state index in [0.29, 0.717) is 5.75 Å². The summed E-state index contributed by atoms with van der Waals surface area (Å²) in [6.07, 6.45) is 6.16. The maximum absolute atomic E-state index is 10.9. The highest BCUT2D eigenvalue weighted by atomic mass is 16.6. The van der Waals surface area contributed by atoms with Crippen molar-refractivity contribution in [1.82, 2.24) is 14.5 Å². The molecule has 7 heteroatoms. The maximum atomic E-state index is 10.9. The lowest BCUT2D eigenvalue weighted by molar-refractivity contribution is -0.386. The van der Waals surface area contributed by atoms with Gasteiger partial charge in [-0.3, -0.25) is 10.1 Å². The third-order valence-electron chi connectivity index (χ3n) is 2.81. The number of ether oxygens (including phenoxy) is 1. The quantitative estimate of drug-likeness (QED) is 0.542. The van der Waals surface area contributed by atoms with Crippen LogP contribution in [0.5, 0.6) is 11.6 Å². The molecule has 21 heavy (non-hydrogen) atoms. The maximum Gasteiger partial charge on any atom is 0.349 e. The SMILES string of the molecule is O=[N+]([O-])c1cncnc1Oc1ccc(-n2cccc2)cc1. The third-order valence-corrected chi connectivity index (χ3v) is 2.81. The molecular weight excluding hydrogens is 272 g/mol. The van der Waals surface area contributed by atoms with Gasteiger partial charge in [-0.1, -0.05) is 0 Å². The number of hydrogen-bond donors (Lipinski definition) is 0. The minimum atomic E-state index is -0.580. The van der Waals surface area contributed by atoms with Crippen molar-refractivity contribution in [3.05, 3.63) is 71.4 Å². The highest BCUT2D eigenvalue weighted by Gasteiger charge is 2.17. The summed E-state index contributed by atoms with van der Waals surface area (Å²) in [5.41, 5.74) is 0.691.